The minimum atomic E-state index is 0.136. The smallest absolute Gasteiger partial charge is 0.224 e. The van der Waals surface area contributed by atoms with Gasteiger partial charge in [0.1, 0.15) is 11.7 Å². The van der Waals surface area contributed by atoms with Crippen LogP contribution in [0.4, 0.5) is 11.8 Å². The number of hydrogen-bond donors (Lipinski definition) is 1. The van der Waals surface area contributed by atoms with Gasteiger partial charge in [-0.05, 0) is 34.8 Å². The SMILES string of the molecule is CNc1ncc2c(n1)N1C(=NCC13CCCC3)C(Br)=C2. The van der Waals surface area contributed by atoms with Gasteiger partial charge in [0.15, 0.2) is 0 Å². The number of fused-ring (bicyclic) bond motifs is 4. The summed E-state index contributed by atoms with van der Waals surface area (Å²) in [5.74, 6) is 2.68. The fourth-order valence-electron chi connectivity index (χ4n) is 3.49. The van der Waals surface area contributed by atoms with Gasteiger partial charge in [-0.2, -0.15) is 4.98 Å². The van der Waals surface area contributed by atoms with Gasteiger partial charge in [0.05, 0.1) is 16.6 Å². The summed E-state index contributed by atoms with van der Waals surface area (Å²) >= 11 is 3.65. The normalized spacial score (nSPS) is 22.4. The number of hydrogen-bond acceptors (Lipinski definition) is 5. The largest absolute Gasteiger partial charge is 0.357 e. The summed E-state index contributed by atoms with van der Waals surface area (Å²) in [5.41, 5.74) is 1.19. The Morgan fingerprint density at radius 2 is 2.15 bits per heavy atom. The summed E-state index contributed by atoms with van der Waals surface area (Å²) in [5, 5.41) is 3.03. The minimum absolute atomic E-state index is 0.136. The van der Waals surface area contributed by atoms with Crippen molar-refractivity contribution in [2.45, 2.75) is 31.2 Å². The Hall–Kier alpha value is -1.43. The molecular weight excluding hydrogens is 318 g/mol. The summed E-state index contributed by atoms with van der Waals surface area (Å²) in [4.78, 5) is 16.1. The van der Waals surface area contributed by atoms with Crippen molar-refractivity contribution in [3.63, 3.8) is 0 Å². The molecule has 1 N–H and O–H groups in total. The van der Waals surface area contributed by atoms with E-state index in [0.29, 0.717) is 5.95 Å². The van der Waals surface area contributed by atoms with E-state index in [0.717, 1.165) is 28.2 Å². The zero-order chi connectivity index (χ0) is 13.7. The van der Waals surface area contributed by atoms with Crippen molar-refractivity contribution in [3.05, 3.63) is 16.2 Å². The fraction of sp³-hybridized carbons (Fsp3) is 0.500. The highest BCUT2D eigenvalue weighted by Crippen LogP contribution is 2.46. The maximum absolute atomic E-state index is 4.77. The Kier molecular flexibility index (Phi) is 2.64. The summed E-state index contributed by atoms with van der Waals surface area (Å²) in [6.45, 7) is 0.879. The molecule has 3 aliphatic rings. The van der Waals surface area contributed by atoms with Gasteiger partial charge >= 0.3 is 0 Å². The Morgan fingerprint density at radius 1 is 1.35 bits per heavy atom. The first-order valence-electron chi connectivity index (χ1n) is 7.01. The first-order chi connectivity index (χ1) is 9.73. The number of aromatic nitrogens is 2. The molecule has 3 heterocycles. The van der Waals surface area contributed by atoms with E-state index in [9.17, 15) is 0 Å². The summed E-state index contributed by atoms with van der Waals surface area (Å²) in [6.07, 6.45) is 8.89. The molecule has 6 heteroatoms. The molecule has 1 aliphatic carbocycles. The number of amidine groups is 1. The lowest BCUT2D eigenvalue weighted by Crippen LogP contribution is -2.49. The standard InChI is InChI=1S/C14H16BrN5/c1-16-13-17-7-9-6-10(15)12-18-8-14(4-2-3-5-14)20(12)11(9)19-13/h6-7H,2-5,8H2,1H3,(H,16,17,19). The lowest BCUT2D eigenvalue weighted by Gasteiger charge is -2.38. The van der Waals surface area contributed by atoms with E-state index >= 15 is 0 Å². The molecule has 1 aromatic heterocycles. The Bertz CT molecular complexity index is 630. The van der Waals surface area contributed by atoms with Gasteiger partial charge in [-0.25, -0.2) is 4.98 Å². The third-order valence-electron chi connectivity index (χ3n) is 4.47. The van der Waals surface area contributed by atoms with Crippen LogP contribution in [0.1, 0.15) is 31.2 Å². The first-order valence-corrected chi connectivity index (χ1v) is 7.80. The third-order valence-corrected chi connectivity index (χ3v) is 5.05. The van der Waals surface area contributed by atoms with Gasteiger partial charge in [-0.3, -0.25) is 4.99 Å². The molecule has 1 aromatic rings. The third kappa shape index (κ3) is 1.57. The lowest BCUT2D eigenvalue weighted by atomic mass is 9.95. The van der Waals surface area contributed by atoms with Gasteiger partial charge in [0, 0.05) is 18.8 Å². The average Bonchev–Trinajstić information content (AvgIpc) is 3.08. The van der Waals surface area contributed by atoms with E-state index in [4.69, 9.17) is 4.99 Å². The highest BCUT2D eigenvalue weighted by molar-refractivity contribution is 9.12. The van der Waals surface area contributed by atoms with E-state index in [1.807, 2.05) is 13.2 Å². The quantitative estimate of drug-likeness (QED) is 0.858. The second kappa shape index (κ2) is 4.28. The van der Waals surface area contributed by atoms with Crippen LogP contribution < -0.4 is 10.2 Å². The molecule has 0 radical (unpaired) electrons. The first kappa shape index (κ1) is 12.3. The molecule has 0 atom stereocenters. The number of halogens is 1. The van der Waals surface area contributed by atoms with Crippen molar-refractivity contribution in [2.24, 2.45) is 4.99 Å². The number of aliphatic imine (C=N–C) groups is 1. The minimum Gasteiger partial charge on any atom is -0.357 e. The van der Waals surface area contributed by atoms with Crippen LogP contribution in [-0.2, 0) is 0 Å². The monoisotopic (exact) mass is 333 g/mol. The number of anilines is 2. The molecule has 104 valence electrons. The van der Waals surface area contributed by atoms with Crippen LogP contribution in [0.3, 0.4) is 0 Å². The number of rotatable bonds is 1. The average molecular weight is 334 g/mol. The van der Waals surface area contributed by atoms with Crippen molar-refractivity contribution in [1.29, 1.82) is 0 Å². The molecule has 0 amide bonds. The van der Waals surface area contributed by atoms with E-state index in [1.165, 1.54) is 25.7 Å². The van der Waals surface area contributed by atoms with E-state index in [-0.39, 0.29) is 5.54 Å². The molecular formula is C14H16BrN5. The molecule has 5 nitrogen and oxygen atoms in total. The van der Waals surface area contributed by atoms with Crippen molar-refractivity contribution < 1.29 is 0 Å². The predicted octanol–water partition coefficient (Wildman–Crippen LogP) is 2.80. The van der Waals surface area contributed by atoms with Gasteiger partial charge in [-0.15, -0.1) is 0 Å². The Labute approximate surface area is 126 Å². The van der Waals surface area contributed by atoms with Crippen molar-refractivity contribution >= 4 is 39.6 Å². The summed E-state index contributed by atoms with van der Waals surface area (Å²) in [6, 6.07) is 0. The molecule has 0 bridgehead atoms. The van der Waals surface area contributed by atoms with Crippen LogP contribution in [0.15, 0.2) is 15.7 Å². The summed E-state index contributed by atoms with van der Waals surface area (Å²) < 4.78 is 1.04. The van der Waals surface area contributed by atoms with Gasteiger partial charge in [-0.1, -0.05) is 12.8 Å². The molecule has 0 saturated heterocycles. The van der Waals surface area contributed by atoms with E-state index < -0.39 is 0 Å². The molecule has 1 fully saturated rings. The van der Waals surface area contributed by atoms with Crippen LogP contribution in [-0.4, -0.2) is 34.9 Å². The molecule has 1 spiro atoms. The van der Waals surface area contributed by atoms with Gasteiger partial charge in [0.2, 0.25) is 5.95 Å². The predicted molar refractivity (Wildman–Crippen MR) is 84.5 cm³/mol. The van der Waals surface area contributed by atoms with Crippen LogP contribution in [0.25, 0.3) is 6.08 Å². The number of nitrogens with one attached hydrogen (secondary N) is 1. The van der Waals surface area contributed by atoms with Gasteiger partial charge < -0.3 is 10.2 Å². The van der Waals surface area contributed by atoms with Crippen LogP contribution >= 0.6 is 15.9 Å². The van der Waals surface area contributed by atoms with Crippen molar-refractivity contribution in [1.82, 2.24) is 9.97 Å². The summed E-state index contributed by atoms with van der Waals surface area (Å²) in [7, 11) is 1.85. The molecule has 0 unspecified atom stereocenters. The molecule has 0 aromatic carbocycles. The molecule has 4 rings (SSSR count). The van der Waals surface area contributed by atoms with Crippen LogP contribution in [0.5, 0.6) is 0 Å². The second-order valence-corrected chi connectivity index (χ2v) is 6.48. The topological polar surface area (TPSA) is 53.4 Å². The maximum atomic E-state index is 4.77. The highest BCUT2D eigenvalue weighted by Gasteiger charge is 2.48. The number of nitrogens with zero attached hydrogens (tertiary/aromatic N) is 4. The Balaban J connectivity index is 1.90. The fourth-order valence-corrected chi connectivity index (χ4v) is 4.04. The van der Waals surface area contributed by atoms with Crippen LogP contribution in [0.2, 0.25) is 0 Å². The highest BCUT2D eigenvalue weighted by atomic mass is 79.9. The van der Waals surface area contributed by atoms with E-state index in [1.54, 1.807) is 0 Å². The zero-order valence-corrected chi connectivity index (χ0v) is 12.9. The van der Waals surface area contributed by atoms with Gasteiger partial charge in [0.25, 0.3) is 0 Å². The molecule has 20 heavy (non-hydrogen) atoms. The van der Waals surface area contributed by atoms with Crippen LogP contribution in [0, 0.1) is 0 Å². The Morgan fingerprint density at radius 3 is 2.90 bits per heavy atom. The van der Waals surface area contributed by atoms with Crippen molar-refractivity contribution in [3.8, 4) is 0 Å². The maximum Gasteiger partial charge on any atom is 0.224 e. The zero-order valence-electron chi connectivity index (χ0n) is 11.4. The van der Waals surface area contributed by atoms with Crippen molar-refractivity contribution in [2.75, 3.05) is 23.8 Å². The molecule has 1 saturated carbocycles. The lowest BCUT2D eigenvalue weighted by molar-refractivity contribution is 0.470. The molecule has 2 aliphatic heterocycles. The second-order valence-electron chi connectivity index (χ2n) is 5.62. The van der Waals surface area contributed by atoms with E-state index in [2.05, 4.69) is 42.2 Å².